The van der Waals surface area contributed by atoms with E-state index in [1.54, 1.807) is 0 Å². The number of nitrogens with one attached hydrogen (secondary N) is 1. The van der Waals surface area contributed by atoms with Crippen LogP contribution in [0.3, 0.4) is 0 Å². The molecule has 0 bridgehead atoms. The van der Waals surface area contributed by atoms with E-state index in [0.717, 1.165) is 39.8 Å². The summed E-state index contributed by atoms with van der Waals surface area (Å²) in [5, 5.41) is 25.5. The monoisotopic (exact) mass is 693 g/mol. The van der Waals surface area contributed by atoms with Crippen LogP contribution in [0.5, 0.6) is 0 Å². The Hall–Kier alpha value is -6.73. The summed E-state index contributed by atoms with van der Waals surface area (Å²) < 4.78 is 1.92. The van der Waals surface area contributed by atoms with Crippen LogP contribution >= 0.6 is 0 Å². The number of imidazole rings is 1. The molecule has 0 aliphatic carbocycles. The van der Waals surface area contributed by atoms with Crippen molar-refractivity contribution in [3.63, 3.8) is 0 Å². The third kappa shape index (κ3) is 5.49. The summed E-state index contributed by atoms with van der Waals surface area (Å²) in [6.45, 7) is 2.08. The summed E-state index contributed by atoms with van der Waals surface area (Å²) in [6.07, 6.45) is 1.24. The van der Waals surface area contributed by atoms with E-state index in [9.17, 15) is 10.4 Å². The van der Waals surface area contributed by atoms with Crippen LogP contribution in [-0.2, 0) is 17.4 Å². The molecule has 0 amide bonds. The van der Waals surface area contributed by atoms with Gasteiger partial charge in [-0.25, -0.2) is 4.98 Å². The summed E-state index contributed by atoms with van der Waals surface area (Å²) in [7, 11) is 0. The summed E-state index contributed by atoms with van der Waals surface area (Å²) >= 11 is 0. The number of benzene rings is 6. The Labute approximate surface area is 308 Å². The number of rotatable bonds is 10. The number of fused-ring (bicyclic) bond motifs is 1. The van der Waals surface area contributed by atoms with Gasteiger partial charge in [0.05, 0.1) is 0 Å². The fourth-order valence-corrected chi connectivity index (χ4v) is 8.01. The third-order valence-electron chi connectivity index (χ3n) is 10.2. The molecule has 0 radical (unpaired) electrons. The van der Waals surface area contributed by atoms with Crippen LogP contribution in [0.1, 0.15) is 58.4 Å². The van der Waals surface area contributed by atoms with Crippen LogP contribution in [0, 0.1) is 5.21 Å². The molecule has 0 atom stereocenters. The van der Waals surface area contributed by atoms with Crippen molar-refractivity contribution < 1.29 is 5.21 Å². The maximum atomic E-state index is 14.0. The van der Waals surface area contributed by atoms with E-state index in [0.29, 0.717) is 29.2 Å². The second-order valence-corrected chi connectivity index (χ2v) is 13.2. The molecule has 7 nitrogen and oxygen atoms in total. The lowest BCUT2D eigenvalue weighted by Crippen LogP contribution is -2.50. The van der Waals surface area contributed by atoms with E-state index in [4.69, 9.17) is 9.97 Å². The summed E-state index contributed by atoms with van der Waals surface area (Å²) in [5.74, 6) is 1.17. The lowest BCUT2D eigenvalue weighted by Gasteiger charge is -2.35. The van der Waals surface area contributed by atoms with Crippen molar-refractivity contribution in [3.8, 4) is 0 Å². The van der Waals surface area contributed by atoms with Gasteiger partial charge in [-0.2, -0.15) is 9.55 Å². The zero-order valence-electron chi connectivity index (χ0n) is 29.4. The van der Waals surface area contributed by atoms with E-state index in [1.807, 2.05) is 114 Å². The standard InChI is InChI=1S/C46H39N5O2/c1-2-21-40-47-42-41(48-44(49-42)45(34-22-9-3-10-23-34,35-24-11-4-12-25-35)36-26-13-5-14-27-36)43(51(52)53)50(40)46(37-28-15-6-16-29-37,38-30-17-7-18-31-38)39-32-19-8-20-33-39/h3-20,22-33H,2,21H2,1H3,(H,48,49)(H,52,53). The molecule has 8 aromatic rings. The highest BCUT2D eigenvalue weighted by atomic mass is 16.8. The number of hydrogen-bond acceptors (Lipinski definition) is 4. The Kier molecular flexibility index (Phi) is 8.90. The molecule has 0 saturated carbocycles. The molecule has 2 aromatic heterocycles. The lowest BCUT2D eigenvalue weighted by atomic mass is 9.69. The van der Waals surface area contributed by atoms with Gasteiger partial charge >= 0.3 is 5.49 Å². The lowest BCUT2D eigenvalue weighted by molar-refractivity contribution is 0.139. The molecule has 0 aliphatic rings. The van der Waals surface area contributed by atoms with Crippen LogP contribution in [0.4, 0.5) is 0 Å². The van der Waals surface area contributed by atoms with E-state index in [2.05, 4.69) is 84.7 Å². The Balaban J connectivity index is 1.57. The van der Waals surface area contributed by atoms with Crippen LogP contribution in [0.2, 0.25) is 0 Å². The number of H-pyrrole nitrogens is 1. The molecule has 7 heteroatoms. The van der Waals surface area contributed by atoms with Crippen LogP contribution < -0.4 is 10.4 Å². The SMILES string of the molecule is CCCc1nc2nc(C(c3ccccc3)(c3ccccc3)c3ccccc3)[nH]c2c(=[N+]([O-])O)n1C(c1ccccc1)(c1ccccc1)c1ccccc1. The van der Waals surface area contributed by atoms with Crippen molar-refractivity contribution in [2.75, 3.05) is 0 Å². The summed E-state index contributed by atoms with van der Waals surface area (Å²) in [5.41, 5.74) is 4.23. The van der Waals surface area contributed by atoms with E-state index in [-0.39, 0.29) is 10.4 Å². The first kappa shape index (κ1) is 33.4. The average Bonchev–Trinajstić information content (AvgIpc) is 3.64. The molecular formula is C46H39N5O2. The molecule has 0 saturated heterocycles. The van der Waals surface area contributed by atoms with Crippen molar-refractivity contribution in [3.05, 3.63) is 238 Å². The molecule has 53 heavy (non-hydrogen) atoms. The maximum absolute atomic E-state index is 14.0. The van der Waals surface area contributed by atoms with Gasteiger partial charge in [0.25, 0.3) is 0 Å². The highest BCUT2D eigenvalue weighted by Gasteiger charge is 2.47. The molecular weight excluding hydrogens is 655 g/mol. The van der Waals surface area contributed by atoms with Crippen molar-refractivity contribution in [2.45, 2.75) is 30.7 Å². The van der Waals surface area contributed by atoms with Gasteiger partial charge in [-0.1, -0.05) is 189 Å². The number of aromatic amines is 1. The van der Waals surface area contributed by atoms with E-state index < -0.39 is 11.0 Å². The number of hydrogen-bond donors (Lipinski definition) is 2. The molecule has 2 heterocycles. The average molecular weight is 694 g/mol. The molecule has 0 aliphatic heterocycles. The Morgan fingerprint density at radius 3 is 1.26 bits per heavy atom. The Bertz CT molecular complexity index is 2320. The molecule has 0 fully saturated rings. The fraction of sp³-hybridized carbons (Fsp3) is 0.109. The van der Waals surface area contributed by atoms with Crippen LogP contribution in [0.15, 0.2) is 182 Å². The summed E-state index contributed by atoms with van der Waals surface area (Å²) in [4.78, 5) is 14.2. The first-order valence-electron chi connectivity index (χ1n) is 17.9. The minimum atomic E-state index is -1.13. The third-order valence-corrected chi connectivity index (χ3v) is 10.2. The minimum absolute atomic E-state index is 0.00292. The maximum Gasteiger partial charge on any atom is 0.351 e. The Morgan fingerprint density at radius 1 is 0.566 bits per heavy atom. The zero-order chi connectivity index (χ0) is 36.3. The fourth-order valence-electron chi connectivity index (χ4n) is 8.01. The minimum Gasteiger partial charge on any atom is -0.490 e. The van der Waals surface area contributed by atoms with Crippen molar-refractivity contribution in [1.82, 2.24) is 24.4 Å². The highest BCUT2D eigenvalue weighted by Crippen LogP contribution is 2.45. The molecule has 260 valence electrons. The van der Waals surface area contributed by atoms with Crippen LogP contribution in [0.25, 0.3) is 11.2 Å². The molecule has 6 aromatic carbocycles. The molecule has 0 unspecified atom stereocenters. The first-order valence-corrected chi connectivity index (χ1v) is 17.9. The van der Waals surface area contributed by atoms with Crippen molar-refractivity contribution >= 4 is 11.2 Å². The number of aryl methyl sites for hydroxylation is 1. The quantitative estimate of drug-likeness (QED) is 0.0853. The van der Waals surface area contributed by atoms with Gasteiger partial charge in [0.2, 0.25) is 0 Å². The normalized spacial score (nSPS) is 12.5. The van der Waals surface area contributed by atoms with Gasteiger partial charge in [0, 0.05) is 23.1 Å². The Morgan fingerprint density at radius 2 is 0.925 bits per heavy atom. The van der Waals surface area contributed by atoms with E-state index in [1.165, 1.54) is 0 Å². The predicted octanol–water partition coefficient (Wildman–Crippen LogP) is 8.59. The molecule has 8 rings (SSSR count). The van der Waals surface area contributed by atoms with Gasteiger partial charge in [-0.3, -0.25) is 0 Å². The second kappa shape index (κ2) is 14.1. The molecule has 0 spiro atoms. The molecule has 2 N–H and O–H groups in total. The van der Waals surface area contributed by atoms with Gasteiger partial charge in [0.15, 0.2) is 22.5 Å². The largest absolute Gasteiger partial charge is 0.490 e. The van der Waals surface area contributed by atoms with Gasteiger partial charge < -0.3 is 15.4 Å². The smallest absolute Gasteiger partial charge is 0.351 e. The van der Waals surface area contributed by atoms with Crippen LogP contribution in [-0.4, -0.2) is 24.7 Å². The van der Waals surface area contributed by atoms with Gasteiger partial charge in [-0.15, -0.1) is 0 Å². The zero-order valence-corrected chi connectivity index (χ0v) is 29.4. The topological polar surface area (TPSA) is 92.8 Å². The van der Waals surface area contributed by atoms with E-state index >= 15 is 0 Å². The van der Waals surface area contributed by atoms with Gasteiger partial charge in [0.1, 0.15) is 11.2 Å². The van der Waals surface area contributed by atoms with Crippen molar-refractivity contribution in [1.29, 1.82) is 0 Å². The second-order valence-electron chi connectivity index (χ2n) is 13.2. The number of nitrogens with zero attached hydrogens (tertiary/aromatic N) is 4. The van der Waals surface area contributed by atoms with Crippen molar-refractivity contribution in [2.24, 2.45) is 0 Å². The van der Waals surface area contributed by atoms with Gasteiger partial charge in [-0.05, 0) is 28.0 Å². The first-order chi connectivity index (χ1) is 26.1. The highest BCUT2D eigenvalue weighted by molar-refractivity contribution is 5.72. The number of aromatic nitrogens is 4. The summed E-state index contributed by atoms with van der Waals surface area (Å²) in [6, 6.07) is 61.0. The predicted molar refractivity (Wildman–Crippen MR) is 209 cm³/mol.